The maximum Gasteiger partial charge on any atom is 0.326 e. The second-order valence-electron chi connectivity index (χ2n) is 5.17. The zero-order valence-electron chi connectivity index (χ0n) is 12.1. The van der Waals surface area contributed by atoms with Crippen LogP contribution >= 0.6 is 0 Å². The Morgan fingerprint density at radius 2 is 1.47 bits per heavy atom. The molecule has 0 aliphatic heterocycles. The molecule has 17 heavy (non-hydrogen) atoms. The van der Waals surface area contributed by atoms with E-state index in [-0.39, 0.29) is 30.3 Å². The van der Waals surface area contributed by atoms with Crippen LogP contribution in [-0.2, 0) is 14.3 Å². The van der Waals surface area contributed by atoms with Gasteiger partial charge in [0.25, 0.3) is 0 Å². The van der Waals surface area contributed by atoms with Crippen LogP contribution in [0, 0.1) is 0 Å². The van der Waals surface area contributed by atoms with Crippen LogP contribution in [0.3, 0.4) is 0 Å². The second kappa shape index (κ2) is 7.67. The quantitative estimate of drug-likeness (QED) is 0.698. The van der Waals surface area contributed by atoms with Crippen molar-refractivity contribution in [3.8, 4) is 0 Å². The van der Waals surface area contributed by atoms with E-state index in [1.807, 2.05) is 48.5 Å². The molecule has 2 atom stereocenters. The molecule has 0 aromatic carbocycles. The monoisotopic (exact) mass is 245 g/mol. The molecule has 0 aromatic heterocycles. The summed E-state index contributed by atoms with van der Waals surface area (Å²) < 4.78 is 10.9. The molecule has 0 fully saturated rings. The number of hydrogen-bond donors (Lipinski definition) is 1. The van der Waals surface area contributed by atoms with Crippen molar-refractivity contribution in [2.24, 2.45) is 0 Å². The van der Waals surface area contributed by atoms with Crippen molar-refractivity contribution in [2.75, 3.05) is 0 Å². The molecule has 0 aliphatic carbocycles. The standard InChI is InChI=1S/C13H27NO3/c1-8(2)14-12(11(7)16-9(3)4)13(15)17-10(5)6/h8-12,14H,1-7H3. The van der Waals surface area contributed by atoms with Gasteiger partial charge in [0.2, 0.25) is 0 Å². The van der Waals surface area contributed by atoms with Crippen molar-refractivity contribution in [3.05, 3.63) is 0 Å². The third-order valence-corrected chi connectivity index (χ3v) is 2.07. The fraction of sp³-hybridized carbons (Fsp3) is 0.923. The van der Waals surface area contributed by atoms with E-state index in [0.717, 1.165) is 0 Å². The van der Waals surface area contributed by atoms with Gasteiger partial charge in [-0.3, -0.25) is 4.79 Å². The Morgan fingerprint density at radius 1 is 0.941 bits per heavy atom. The predicted molar refractivity (Wildman–Crippen MR) is 69.0 cm³/mol. The Balaban J connectivity index is 4.56. The highest BCUT2D eigenvalue weighted by Gasteiger charge is 2.28. The van der Waals surface area contributed by atoms with Gasteiger partial charge >= 0.3 is 5.97 Å². The smallest absolute Gasteiger partial charge is 0.326 e. The lowest BCUT2D eigenvalue weighted by Gasteiger charge is -2.27. The maximum atomic E-state index is 11.9. The Bertz CT molecular complexity index is 227. The molecule has 0 radical (unpaired) electrons. The van der Waals surface area contributed by atoms with Gasteiger partial charge in [0.1, 0.15) is 6.04 Å². The van der Waals surface area contributed by atoms with Crippen molar-refractivity contribution >= 4 is 5.97 Å². The highest BCUT2D eigenvalue weighted by Crippen LogP contribution is 2.07. The molecule has 0 heterocycles. The first-order valence-corrected chi connectivity index (χ1v) is 6.36. The zero-order valence-corrected chi connectivity index (χ0v) is 12.1. The lowest BCUT2D eigenvalue weighted by Crippen LogP contribution is -2.50. The molecule has 4 heteroatoms. The summed E-state index contributed by atoms with van der Waals surface area (Å²) in [6, 6.07) is -0.210. The molecule has 0 amide bonds. The molecule has 4 nitrogen and oxygen atoms in total. The number of hydrogen-bond acceptors (Lipinski definition) is 4. The largest absolute Gasteiger partial charge is 0.462 e. The highest BCUT2D eigenvalue weighted by molar-refractivity contribution is 5.76. The van der Waals surface area contributed by atoms with Gasteiger partial charge in [-0.2, -0.15) is 0 Å². The van der Waals surface area contributed by atoms with Crippen LogP contribution in [0.4, 0.5) is 0 Å². The number of carbonyl (C=O) groups excluding carboxylic acids is 1. The average Bonchev–Trinajstić information content (AvgIpc) is 2.11. The minimum absolute atomic E-state index is 0.0910. The Hall–Kier alpha value is -0.610. The maximum absolute atomic E-state index is 11.9. The van der Waals surface area contributed by atoms with Crippen molar-refractivity contribution in [1.82, 2.24) is 5.32 Å². The van der Waals surface area contributed by atoms with E-state index in [1.165, 1.54) is 0 Å². The third kappa shape index (κ3) is 7.34. The van der Waals surface area contributed by atoms with Gasteiger partial charge in [-0.15, -0.1) is 0 Å². The molecule has 0 aromatic rings. The van der Waals surface area contributed by atoms with Crippen LogP contribution < -0.4 is 5.32 Å². The summed E-state index contributed by atoms with van der Waals surface area (Å²) in [5, 5.41) is 3.19. The van der Waals surface area contributed by atoms with Crippen LogP contribution in [0.25, 0.3) is 0 Å². The lowest BCUT2D eigenvalue weighted by atomic mass is 10.1. The van der Waals surface area contributed by atoms with Crippen LogP contribution in [0.5, 0.6) is 0 Å². The topological polar surface area (TPSA) is 47.6 Å². The molecule has 0 bridgehead atoms. The fourth-order valence-electron chi connectivity index (χ4n) is 1.57. The van der Waals surface area contributed by atoms with Gasteiger partial charge < -0.3 is 14.8 Å². The minimum atomic E-state index is -0.417. The summed E-state index contributed by atoms with van der Waals surface area (Å²) in [7, 11) is 0. The molecule has 102 valence electrons. The Labute approximate surface area is 105 Å². The van der Waals surface area contributed by atoms with E-state index in [4.69, 9.17) is 9.47 Å². The van der Waals surface area contributed by atoms with Crippen LogP contribution in [0.15, 0.2) is 0 Å². The molecule has 0 saturated heterocycles. The average molecular weight is 245 g/mol. The summed E-state index contributed by atoms with van der Waals surface area (Å²) in [6.07, 6.45) is -0.220. The van der Waals surface area contributed by atoms with Gasteiger partial charge in [-0.05, 0) is 34.6 Å². The molecule has 0 saturated carbocycles. The first-order valence-electron chi connectivity index (χ1n) is 6.36. The first-order chi connectivity index (χ1) is 7.73. The molecule has 0 rings (SSSR count). The van der Waals surface area contributed by atoms with Crippen LogP contribution in [-0.4, -0.2) is 36.4 Å². The Morgan fingerprint density at radius 3 is 1.82 bits per heavy atom. The van der Waals surface area contributed by atoms with Gasteiger partial charge in [-0.25, -0.2) is 0 Å². The molecule has 0 aliphatic rings. The lowest BCUT2D eigenvalue weighted by molar-refractivity contribution is -0.155. The normalized spacial score (nSPS) is 15.4. The molecular formula is C13H27NO3. The summed E-state index contributed by atoms with van der Waals surface area (Å²) in [4.78, 5) is 11.9. The molecule has 0 spiro atoms. The van der Waals surface area contributed by atoms with E-state index in [2.05, 4.69) is 5.32 Å². The van der Waals surface area contributed by atoms with Crippen molar-refractivity contribution in [2.45, 2.75) is 78.9 Å². The summed E-state index contributed by atoms with van der Waals surface area (Å²) in [5.74, 6) is -0.248. The van der Waals surface area contributed by atoms with E-state index in [0.29, 0.717) is 0 Å². The summed E-state index contributed by atoms with van der Waals surface area (Å²) >= 11 is 0. The van der Waals surface area contributed by atoms with Crippen molar-refractivity contribution < 1.29 is 14.3 Å². The van der Waals surface area contributed by atoms with Crippen LogP contribution in [0.2, 0.25) is 0 Å². The fourth-order valence-corrected chi connectivity index (χ4v) is 1.57. The van der Waals surface area contributed by atoms with Gasteiger partial charge in [-0.1, -0.05) is 13.8 Å². The number of esters is 1. The minimum Gasteiger partial charge on any atom is -0.462 e. The van der Waals surface area contributed by atoms with Gasteiger partial charge in [0, 0.05) is 6.04 Å². The van der Waals surface area contributed by atoms with E-state index in [9.17, 15) is 4.79 Å². The Kier molecular flexibility index (Phi) is 7.39. The summed E-state index contributed by atoms with van der Waals surface area (Å²) in [6.45, 7) is 13.5. The number of carbonyl (C=O) groups is 1. The SMILES string of the molecule is CC(C)NC(C(=O)OC(C)C)C(C)OC(C)C. The van der Waals surface area contributed by atoms with Gasteiger partial charge in [0.05, 0.1) is 18.3 Å². The number of rotatable bonds is 7. The molecular weight excluding hydrogens is 218 g/mol. The predicted octanol–water partition coefficient (Wildman–Crippen LogP) is 2.12. The number of nitrogens with one attached hydrogen (secondary N) is 1. The molecule has 1 N–H and O–H groups in total. The van der Waals surface area contributed by atoms with E-state index < -0.39 is 6.04 Å². The van der Waals surface area contributed by atoms with E-state index >= 15 is 0 Å². The van der Waals surface area contributed by atoms with E-state index in [1.54, 1.807) is 0 Å². The van der Waals surface area contributed by atoms with Crippen LogP contribution in [0.1, 0.15) is 48.5 Å². The van der Waals surface area contributed by atoms with Gasteiger partial charge in [0.15, 0.2) is 0 Å². The second-order valence-corrected chi connectivity index (χ2v) is 5.17. The highest BCUT2D eigenvalue weighted by atomic mass is 16.5. The van der Waals surface area contributed by atoms with Crippen molar-refractivity contribution in [3.63, 3.8) is 0 Å². The zero-order chi connectivity index (χ0) is 13.6. The van der Waals surface area contributed by atoms with Crippen molar-refractivity contribution in [1.29, 1.82) is 0 Å². The number of ether oxygens (including phenoxy) is 2. The third-order valence-electron chi connectivity index (χ3n) is 2.07. The molecule has 2 unspecified atom stereocenters. The summed E-state index contributed by atoms with van der Waals surface area (Å²) in [5.41, 5.74) is 0. The first kappa shape index (κ1) is 16.4.